The minimum atomic E-state index is 0.468. The van der Waals surface area contributed by atoms with Crippen LogP contribution in [-0.2, 0) is 13.0 Å². The Morgan fingerprint density at radius 2 is 1.39 bits per heavy atom. The molecule has 1 aromatic heterocycles. The van der Waals surface area contributed by atoms with E-state index >= 15 is 0 Å². The number of hydrogen-bond acceptors (Lipinski definition) is 4. The second-order valence-corrected chi connectivity index (χ2v) is 6.55. The predicted molar refractivity (Wildman–Crippen MR) is 112 cm³/mol. The molecule has 138 valence electrons. The van der Waals surface area contributed by atoms with Crippen LogP contribution < -0.4 is 10.5 Å². The molecule has 4 heteroatoms. The minimum Gasteiger partial charge on any atom is -0.489 e. The molecule has 0 aliphatic heterocycles. The van der Waals surface area contributed by atoms with Crippen LogP contribution in [0.4, 0.5) is 5.82 Å². The SMILES string of the molecule is Nc1ncc(-c2ccc(OCc3ccccc3)cc2)nc1Cc1ccccc1. The lowest BCUT2D eigenvalue weighted by atomic mass is 10.1. The molecule has 2 N–H and O–H groups in total. The number of nitrogens with zero attached hydrogens (tertiary/aromatic N) is 2. The van der Waals surface area contributed by atoms with E-state index in [2.05, 4.69) is 17.1 Å². The highest BCUT2D eigenvalue weighted by Crippen LogP contribution is 2.23. The molecule has 3 aromatic carbocycles. The first-order chi connectivity index (χ1) is 13.8. The second-order valence-electron chi connectivity index (χ2n) is 6.55. The molecular weight excluding hydrogens is 346 g/mol. The largest absolute Gasteiger partial charge is 0.489 e. The standard InChI is InChI=1S/C24H21N3O/c25-24-22(15-18-7-3-1-4-8-18)27-23(16-26-24)20-11-13-21(14-12-20)28-17-19-9-5-2-6-10-19/h1-14,16H,15,17H2,(H2,25,26). The van der Waals surface area contributed by atoms with E-state index in [1.807, 2.05) is 72.8 Å². The van der Waals surface area contributed by atoms with Gasteiger partial charge in [-0.3, -0.25) is 0 Å². The van der Waals surface area contributed by atoms with Crippen molar-refractivity contribution >= 4 is 5.82 Å². The Labute approximate surface area is 164 Å². The van der Waals surface area contributed by atoms with Crippen molar-refractivity contribution in [1.82, 2.24) is 9.97 Å². The van der Waals surface area contributed by atoms with E-state index in [-0.39, 0.29) is 0 Å². The van der Waals surface area contributed by atoms with Crippen molar-refractivity contribution in [1.29, 1.82) is 0 Å². The Balaban J connectivity index is 1.48. The van der Waals surface area contributed by atoms with Crippen LogP contribution in [0.3, 0.4) is 0 Å². The normalized spacial score (nSPS) is 10.6. The molecule has 4 rings (SSSR count). The summed E-state index contributed by atoms with van der Waals surface area (Å²) < 4.78 is 5.85. The van der Waals surface area contributed by atoms with Crippen LogP contribution in [-0.4, -0.2) is 9.97 Å². The second kappa shape index (κ2) is 8.35. The van der Waals surface area contributed by atoms with Gasteiger partial charge in [-0.25, -0.2) is 9.97 Å². The Kier molecular flexibility index (Phi) is 5.29. The highest BCUT2D eigenvalue weighted by molar-refractivity contribution is 5.60. The molecule has 4 nitrogen and oxygen atoms in total. The average molecular weight is 367 g/mol. The van der Waals surface area contributed by atoms with Crippen molar-refractivity contribution in [2.75, 3.05) is 5.73 Å². The van der Waals surface area contributed by atoms with Crippen molar-refractivity contribution in [2.45, 2.75) is 13.0 Å². The molecule has 0 bridgehead atoms. The molecule has 0 amide bonds. The van der Waals surface area contributed by atoms with Gasteiger partial charge in [-0.1, -0.05) is 60.7 Å². The van der Waals surface area contributed by atoms with E-state index in [0.717, 1.165) is 33.8 Å². The lowest BCUT2D eigenvalue weighted by Gasteiger charge is -2.09. The van der Waals surface area contributed by atoms with Crippen LogP contribution >= 0.6 is 0 Å². The topological polar surface area (TPSA) is 61.0 Å². The number of anilines is 1. The molecule has 0 saturated heterocycles. The van der Waals surface area contributed by atoms with Gasteiger partial charge in [0.2, 0.25) is 0 Å². The smallest absolute Gasteiger partial charge is 0.145 e. The summed E-state index contributed by atoms with van der Waals surface area (Å²) in [6.45, 7) is 0.545. The van der Waals surface area contributed by atoms with Gasteiger partial charge in [0.05, 0.1) is 17.6 Å². The highest BCUT2D eigenvalue weighted by Gasteiger charge is 2.08. The van der Waals surface area contributed by atoms with Crippen LogP contribution in [0.5, 0.6) is 5.75 Å². The Bertz CT molecular complexity index is 1030. The zero-order chi connectivity index (χ0) is 19.2. The van der Waals surface area contributed by atoms with E-state index in [1.54, 1.807) is 6.20 Å². The summed E-state index contributed by atoms with van der Waals surface area (Å²) in [6, 6.07) is 28.1. The van der Waals surface area contributed by atoms with Crippen LogP contribution in [0, 0.1) is 0 Å². The summed E-state index contributed by atoms with van der Waals surface area (Å²) in [6.07, 6.45) is 2.37. The summed E-state index contributed by atoms with van der Waals surface area (Å²) in [5.74, 6) is 1.29. The number of rotatable bonds is 6. The lowest BCUT2D eigenvalue weighted by molar-refractivity contribution is 0.306. The molecule has 0 radical (unpaired) electrons. The first-order valence-corrected chi connectivity index (χ1v) is 9.20. The molecule has 0 fully saturated rings. The zero-order valence-electron chi connectivity index (χ0n) is 15.5. The van der Waals surface area contributed by atoms with Crippen molar-refractivity contribution in [3.8, 4) is 17.0 Å². The van der Waals surface area contributed by atoms with Crippen molar-refractivity contribution in [3.63, 3.8) is 0 Å². The van der Waals surface area contributed by atoms with E-state index in [9.17, 15) is 0 Å². The molecule has 0 aliphatic carbocycles. The van der Waals surface area contributed by atoms with Gasteiger partial charge in [-0.05, 0) is 35.4 Å². The molecule has 0 unspecified atom stereocenters. The van der Waals surface area contributed by atoms with Crippen LogP contribution in [0.15, 0.2) is 91.1 Å². The summed E-state index contributed by atoms with van der Waals surface area (Å²) >= 11 is 0. The predicted octanol–water partition coefficient (Wildman–Crippen LogP) is 4.90. The van der Waals surface area contributed by atoms with E-state index in [4.69, 9.17) is 15.5 Å². The quantitative estimate of drug-likeness (QED) is 0.527. The van der Waals surface area contributed by atoms with Gasteiger partial charge in [0.25, 0.3) is 0 Å². The number of benzene rings is 3. The first kappa shape index (κ1) is 17.7. The van der Waals surface area contributed by atoms with Gasteiger partial charge in [-0.2, -0.15) is 0 Å². The monoisotopic (exact) mass is 367 g/mol. The number of nitrogens with two attached hydrogens (primary N) is 1. The summed E-state index contributed by atoms with van der Waals surface area (Å²) in [5.41, 5.74) is 10.9. The molecule has 0 spiro atoms. The average Bonchev–Trinajstić information content (AvgIpc) is 2.76. The molecule has 0 aliphatic rings. The van der Waals surface area contributed by atoms with Crippen LogP contribution in [0.25, 0.3) is 11.3 Å². The van der Waals surface area contributed by atoms with Crippen molar-refractivity contribution in [2.24, 2.45) is 0 Å². The molecular formula is C24H21N3O. The third kappa shape index (κ3) is 4.35. The zero-order valence-corrected chi connectivity index (χ0v) is 15.5. The van der Waals surface area contributed by atoms with Gasteiger partial charge in [-0.15, -0.1) is 0 Å². The Hall–Kier alpha value is -3.66. The number of aromatic nitrogens is 2. The minimum absolute atomic E-state index is 0.468. The molecule has 0 saturated carbocycles. The molecule has 4 aromatic rings. The number of ether oxygens (including phenoxy) is 1. The van der Waals surface area contributed by atoms with Gasteiger partial charge >= 0.3 is 0 Å². The van der Waals surface area contributed by atoms with E-state index in [1.165, 1.54) is 0 Å². The maximum atomic E-state index is 6.04. The molecule has 1 heterocycles. The summed E-state index contributed by atoms with van der Waals surface area (Å²) in [7, 11) is 0. The molecule has 28 heavy (non-hydrogen) atoms. The van der Waals surface area contributed by atoms with Gasteiger partial charge in [0.15, 0.2) is 0 Å². The fourth-order valence-electron chi connectivity index (χ4n) is 2.96. The van der Waals surface area contributed by atoms with Crippen LogP contribution in [0.2, 0.25) is 0 Å². The lowest BCUT2D eigenvalue weighted by Crippen LogP contribution is -2.03. The Morgan fingerprint density at radius 1 is 0.750 bits per heavy atom. The van der Waals surface area contributed by atoms with Crippen molar-refractivity contribution in [3.05, 3.63) is 108 Å². The van der Waals surface area contributed by atoms with Gasteiger partial charge < -0.3 is 10.5 Å². The number of hydrogen-bond donors (Lipinski definition) is 1. The first-order valence-electron chi connectivity index (χ1n) is 9.20. The fraction of sp³-hybridized carbons (Fsp3) is 0.0833. The van der Waals surface area contributed by atoms with Gasteiger partial charge in [0.1, 0.15) is 18.2 Å². The van der Waals surface area contributed by atoms with Crippen LogP contribution in [0.1, 0.15) is 16.8 Å². The highest BCUT2D eigenvalue weighted by atomic mass is 16.5. The van der Waals surface area contributed by atoms with E-state index < -0.39 is 0 Å². The summed E-state index contributed by atoms with van der Waals surface area (Å²) in [4.78, 5) is 9.07. The maximum Gasteiger partial charge on any atom is 0.145 e. The van der Waals surface area contributed by atoms with Crippen molar-refractivity contribution < 1.29 is 4.74 Å². The fourth-order valence-corrected chi connectivity index (χ4v) is 2.96. The Morgan fingerprint density at radius 3 is 2.07 bits per heavy atom. The summed E-state index contributed by atoms with van der Waals surface area (Å²) in [5, 5.41) is 0. The number of nitrogen functional groups attached to an aromatic ring is 1. The van der Waals surface area contributed by atoms with Gasteiger partial charge in [0, 0.05) is 12.0 Å². The van der Waals surface area contributed by atoms with E-state index in [0.29, 0.717) is 18.8 Å². The third-order valence-electron chi connectivity index (χ3n) is 4.49. The maximum absolute atomic E-state index is 6.04. The molecule has 0 atom stereocenters. The third-order valence-corrected chi connectivity index (χ3v) is 4.49.